The molecule has 80 valence electrons. The van der Waals surface area contributed by atoms with Gasteiger partial charge in [0.1, 0.15) is 5.75 Å². The van der Waals surface area contributed by atoms with E-state index in [4.69, 9.17) is 16.2 Å². The minimum Gasteiger partial charge on any atom is -0.508 e. The fourth-order valence-corrected chi connectivity index (χ4v) is 1.32. The lowest BCUT2D eigenvalue weighted by Crippen LogP contribution is -2.14. The van der Waals surface area contributed by atoms with Crippen molar-refractivity contribution in [3.8, 4) is 5.75 Å². The van der Waals surface area contributed by atoms with Crippen LogP contribution in [0, 0.1) is 5.41 Å². The number of aromatic hydroxyl groups is 1. The van der Waals surface area contributed by atoms with Crippen LogP contribution in [-0.2, 0) is 0 Å². The van der Waals surface area contributed by atoms with E-state index < -0.39 is 0 Å². The van der Waals surface area contributed by atoms with Crippen LogP contribution in [0.1, 0.15) is 0 Å². The largest absolute Gasteiger partial charge is 0.508 e. The Kier molecular flexibility index (Phi) is 2.55. The number of phenolic OH excluding ortho intramolecular Hbond substituents is 1. The highest BCUT2D eigenvalue weighted by atomic mass is 16.3. The number of nitrogens with one attached hydrogen (secondary N) is 1. The van der Waals surface area contributed by atoms with Crippen LogP contribution in [0.3, 0.4) is 0 Å². The first-order chi connectivity index (χ1) is 7.65. The van der Waals surface area contributed by atoms with E-state index in [1.165, 1.54) is 0 Å². The third-order valence-corrected chi connectivity index (χ3v) is 2.13. The molecule has 0 aromatic heterocycles. The number of allylic oxidation sites excluding steroid dienone is 3. The second kappa shape index (κ2) is 4.02. The van der Waals surface area contributed by atoms with Gasteiger partial charge in [-0.1, -0.05) is 0 Å². The predicted octanol–water partition coefficient (Wildman–Crippen LogP) is 1.90. The van der Waals surface area contributed by atoms with Crippen LogP contribution in [0.25, 0.3) is 0 Å². The minimum absolute atomic E-state index is 0.202. The molecule has 0 heterocycles. The number of phenols is 1. The van der Waals surface area contributed by atoms with Crippen molar-refractivity contribution in [2.45, 2.75) is 0 Å². The number of nitrogens with two attached hydrogens (primary N) is 1. The number of benzene rings is 1. The first kappa shape index (κ1) is 10.2. The van der Waals surface area contributed by atoms with Gasteiger partial charge in [0.2, 0.25) is 0 Å². The maximum absolute atomic E-state index is 9.12. The third-order valence-electron chi connectivity index (χ3n) is 2.13. The molecule has 0 saturated heterocycles. The Balaban J connectivity index is 2.32. The van der Waals surface area contributed by atoms with E-state index in [0.29, 0.717) is 22.8 Å². The summed E-state index contributed by atoms with van der Waals surface area (Å²) in [4.78, 5) is 4.30. The molecule has 2 rings (SSSR count). The van der Waals surface area contributed by atoms with E-state index >= 15 is 0 Å². The van der Waals surface area contributed by atoms with Gasteiger partial charge in [0.25, 0.3) is 0 Å². The van der Waals surface area contributed by atoms with Gasteiger partial charge in [-0.2, -0.15) is 0 Å². The van der Waals surface area contributed by atoms with E-state index in [0.717, 1.165) is 0 Å². The molecular weight excluding hydrogens is 202 g/mol. The fourth-order valence-electron chi connectivity index (χ4n) is 1.32. The summed E-state index contributed by atoms with van der Waals surface area (Å²) < 4.78 is 0. The summed E-state index contributed by atoms with van der Waals surface area (Å²) in [7, 11) is 0. The molecule has 4 nitrogen and oxygen atoms in total. The second-order valence-electron chi connectivity index (χ2n) is 3.40. The molecule has 4 heteroatoms. The summed E-state index contributed by atoms with van der Waals surface area (Å²) in [5, 5.41) is 16.5. The van der Waals surface area contributed by atoms with Gasteiger partial charge < -0.3 is 16.2 Å². The van der Waals surface area contributed by atoms with Gasteiger partial charge in [0.15, 0.2) is 0 Å². The Morgan fingerprint density at radius 3 is 2.44 bits per heavy atom. The van der Waals surface area contributed by atoms with Gasteiger partial charge in [-0.15, -0.1) is 0 Å². The molecule has 0 saturated carbocycles. The van der Waals surface area contributed by atoms with E-state index in [9.17, 15) is 0 Å². The maximum atomic E-state index is 9.12. The fraction of sp³-hybridized carbons (Fsp3) is 0. The van der Waals surface area contributed by atoms with E-state index in [2.05, 4.69) is 4.99 Å². The van der Waals surface area contributed by atoms with Crippen molar-refractivity contribution in [2.24, 2.45) is 10.7 Å². The molecule has 16 heavy (non-hydrogen) atoms. The van der Waals surface area contributed by atoms with Crippen molar-refractivity contribution in [2.75, 3.05) is 0 Å². The minimum atomic E-state index is 0.202. The van der Waals surface area contributed by atoms with Gasteiger partial charge in [-0.25, -0.2) is 4.99 Å². The molecule has 0 amide bonds. The Hall–Kier alpha value is -2.36. The monoisotopic (exact) mass is 213 g/mol. The van der Waals surface area contributed by atoms with Gasteiger partial charge in [-0.05, 0) is 42.5 Å². The summed E-state index contributed by atoms with van der Waals surface area (Å²) in [5.74, 6) is 0.202. The highest BCUT2D eigenvalue weighted by Crippen LogP contribution is 2.18. The lowest BCUT2D eigenvalue weighted by atomic mass is 10.1. The highest BCUT2D eigenvalue weighted by Gasteiger charge is 2.05. The van der Waals surface area contributed by atoms with Crippen LogP contribution < -0.4 is 5.73 Å². The molecule has 0 fully saturated rings. The quantitative estimate of drug-likeness (QED) is 0.622. The van der Waals surface area contributed by atoms with Crippen molar-refractivity contribution in [3.63, 3.8) is 0 Å². The summed E-state index contributed by atoms with van der Waals surface area (Å²) in [6.07, 6.45) is 4.89. The molecule has 0 aliphatic heterocycles. The zero-order valence-corrected chi connectivity index (χ0v) is 8.51. The summed E-state index contributed by atoms with van der Waals surface area (Å²) >= 11 is 0. The molecule has 0 radical (unpaired) electrons. The molecule has 1 aromatic rings. The second-order valence-corrected chi connectivity index (χ2v) is 3.40. The molecule has 0 atom stereocenters. The van der Waals surface area contributed by atoms with Crippen molar-refractivity contribution < 1.29 is 5.11 Å². The Morgan fingerprint density at radius 1 is 1.12 bits per heavy atom. The Labute approximate surface area is 93.0 Å². The number of rotatable bonds is 1. The molecule has 0 unspecified atom stereocenters. The molecule has 0 spiro atoms. The van der Waals surface area contributed by atoms with Crippen LogP contribution in [0.15, 0.2) is 53.2 Å². The molecule has 1 aliphatic carbocycles. The molecule has 1 aliphatic rings. The third kappa shape index (κ3) is 2.17. The van der Waals surface area contributed by atoms with Crippen LogP contribution in [-0.4, -0.2) is 16.5 Å². The highest BCUT2D eigenvalue weighted by molar-refractivity contribution is 6.20. The molecule has 0 bridgehead atoms. The van der Waals surface area contributed by atoms with E-state index in [-0.39, 0.29) is 5.75 Å². The summed E-state index contributed by atoms with van der Waals surface area (Å²) in [6.45, 7) is 0. The van der Waals surface area contributed by atoms with Crippen molar-refractivity contribution >= 4 is 17.1 Å². The lowest BCUT2D eigenvalue weighted by molar-refractivity contribution is 0.475. The molecule has 1 aromatic carbocycles. The zero-order valence-electron chi connectivity index (χ0n) is 8.51. The van der Waals surface area contributed by atoms with E-state index in [1.54, 1.807) is 42.5 Å². The van der Waals surface area contributed by atoms with Crippen LogP contribution in [0.5, 0.6) is 5.75 Å². The van der Waals surface area contributed by atoms with Crippen LogP contribution in [0.4, 0.5) is 5.69 Å². The van der Waals surface area contributed by atoms with Crippen molar-refractivity contribution in [1.82, 2.24) is 0 Å². The topological polar surface area (TPSA) is 82.5 Å². The lowest BCUT2D eigenvalue weighted by Gasteiger charge is -2.06. The molecule has 4 N–H and O–H groups in total. The summed E-state index contributed by atoms with van der Waals surface area (Å²) in [6, 6.07) is 6.52. The van der Waals surface area contributed by atoms with Gasteiger partial charge in [0.05, 0.1) is 22.8 Å². The smallest absolute Gasteiger partial charge is 0.115 e. The van der Waals surface area contributed by atoms with Crippen LogP contribution in [0.2, 0.25) is 0 Å². The number of nitrogens with zero attached hydrogens (tertiary/aromatic N) is 1. The Bertz CT molecular complexity index is 510. The molecular formula is C12H11N3O. The van der Waals surface area contributed by atoms with Gasteiger partial charge >= 0.3 is 0 Å². The predicted molar refractivity (Wildman–Crippen MR) is 64.3 cm³/mol. The zero-order chi connectivity index (χ0) is 11.5. The Morgan fingerprint density at radius 2 is 1.81 bits per heavy atom. The maximum Gasteiger partial charge on any atom is 0.115 e. The summed E-state index contributed by atoms with van der Waals surface area (Å²) in [5.41, 5.74) is 7.91. The van der Waals surface area contributed by atoms with E-state index in [1.807, 2.05) is 0 Å². The first-order valence-corrected chi connectivity index (χ1v) is 4.77. The normalized spacial score (nSPS) is 17.6. The average molecular weight is 213 g/mol. The first-order valence-electron chi connectivity index (χ1n) is 4.77. The van der Waals surface area contributed by atoms with Gasteiger partial charge in [-0.3, -0.25) is 0 Å². The average Bonchev–Trinajstić information content (AvgIpc) is 2.25. The van der Waals surface area contributed by atoms with Crippen molar-refractivity contribution in [1.29, 1.82) is 5.41 Å². The number of hydrogen-bond acceptors (Lipinski definition) is 4. The van der Waals surface area contributed by atoms with Crippen molar-refractivity contribution in [3.05, 3.63) is 48.2 Å². The SMILES string of the molecule is N=C1C=CC(=Nc2ccc(O)cc2)C(N)=C1. The standard InChI is InChI=1S/C12H11N3O/c13-8-1-6-12(11(14)7-8)15-9-2-4-10(16)5-3-9/h1-7,13,16H,14H2. The number of aliphatic imine (C=N–C) groups is 1. The van der Waals surface area contributed by atoms with Gasteiger partial charge in [0, 0.05) is 0 Å². The van der Waals surface area contributed by atoms with Crippen LogP contribution >= 0.6 is 0 Å². The number of hydrogen-bond donors (Lipinski definition) is 3.